The van der Waals surface area contributed by atoms with Crippen LogP contribution in [-0.4, -0.2) is 22.7 Å². The molecule has 1 heterocycles. The van der Waals surface area contributed by atoms with Crippen molar-refractivity contribution in [3.8, 4) is 0 Å². The normalized spacial score (nSPS) is 12.1. The quantitative estimate of drug-likeness (QED) is 0.842. The lowest BCUT2D eigenvalue weighted by Crippen LogP contribution is -2.19. The van der Waals surface area contributed by atoms with Crippen molar-refractivity contribution in [1.82, 2.24) is 4.90 Å². The molecule has 1 aromatic carbocycles. The molecule has 120 valence electrons. The van der Waals surface area contributed by atoms with Gasteiger partial charge >= 0.3 is 0 Å². The number of furan rings is 1. The third-order valence-corrected chi connectivity index (χ3v) is 3.72. The molecule has 3 nitrogen and oxygen atoms in total. The molecular formula is C19H27NO2. The molecule has 0 aliphatic rings. The number of nitrogens with zero attached hydrogens (tertiary/aromatic N) is 1. The Morgan fingerprint density at radius 1 is 1.00 bits per heavy atom. The van der Waals surface area contributed by atoms with Gasteiger partial charge in [-0.3, -0.25) is 4.90 Å². The minimum absolute atomic E-state index is 0.597. The average Bonchev–Trinajstić information content (AvgIpc) is 2.82. The maximum atomic E-state index is 9.78. The zero-order valence-electron chi connectivity index (χ0n) is 14.1. The van der Waals surface area contributed by atoms with Crippen LogP contribution in [0.2, 0.25) is 0 Å². The Morgan fingerprint density at radius 3 is 2.18 bits per heavy atom. The molecule has 1 aromatic heterocycles. The lowest BCUT2D eigenvalue weighted by atomic mass is 9.98. The summed E-state index contributed by atoms with van der Waals surface area (Å²) in [5, 5.41) is 9.78. The molecule has 22 heavy (non-hydrogen) atoms. The van der Waals surface area contributed by atoms with Crippen LogP contribution in [0, 0.1) is 6.92 Å². The molecule has 0 aliphatic carbocycles. The smallest absolute Gasteiger partial charge is 0.118 e. The Kier molecular flexibility index (Phi) is 5.43. The van der Waals surface area contributed by atoms with E-state index in [0.717, 1.165) is 37.5 Å². The first kappa shape index (κ1) is 16.8. The molecule has 0 spiro atoms. The summed E-state index contributed by atoms with van der Waals surface area (Å²) < 4.78 is 5.61. The van der Waals surface area contributed by atoms with E-state index in [1.165, 1.54) is 11.1 Å². The van der Waals surface area contributed by atoms with Crippen molar-refractivity contribution in [3.63, 3.8) is 0 Å². The van der Waals surface area contributed by atoms with Gasteiger partial charge in [-0.2, -0.15) is 0 Å². The van der Waals surface area contributed by atoms with Gasteiger partial charge in [-0.15, -0.1) is 0 Å². The van der Waals surface area contributed by atoms with Gasteiger partial charge in [-0.05, 0) is 63.9 Å². The van der Waals surface area contributed by atoms with Crippen molar-refractivity contribution in [2.24, 2.45) is 0 Å². The molecular weight excluding hydrogens is 274 g/mol. The van der Waals surface area contributed by atoms with E-state index in [1.807, 2.05) is 32.9 Å². The van der Waals surface area contributed by atoms with Gasteiger partial charge in [0, 0.05) is 6.54 Å². The third kappa shape index (κ3) is 5.66. The number of hydrogen-bond acceptors (Lipinski definition) is 3. The van der Waals surface area contributed by atoms with E-state index in [0.29, 0.717) is 0 Å². The highest BCUT2D eigenvalue weighted by molar-refractivity contribution is 5.23. The molecule has 0 amide bonds. The fourth-order valence-electron chi connectivity index (χ4n) is 2.47. The monoisotopic (exact) mass is 301 g/mol. The first-order chi connectivity index (χ1) is 10.3. The van der Waals surface area contributed by atoms with Crippen LogP contribution in [-0.2, 0) is 19.5 Å². The molecule has 3 heteroatoms. The summed E-state index contributed by atoms with van der Waals surface area (Å²) in [7, 11) is 2.10. The van der Waals surface area contributed by atoms with Crippen molar-refractivity contribution in [2.45, 2.75) is 52.3 Å². The van der Waals surface area contributed by atoms with E-state index in [2.05, 4.69) is 36.2 Å². The third-order valence-electron chi connectivity index (χ3n) is 3.72. The second-order valence-corrected chi connectivity index (χ2v) is 6.81. The minimum atomic E-state index is -0.597. The fraction of sp³-hybridized carbons (Fsp3) is 0.474. The lowest BCUT2D eigenvalue weighted by molar-refractivity contribution is 0.0714. The number of hydrogen-bond donors (Lipinski definition) is 1. The Bertz CT molecular complexity index is 578. The molecule has 0 saturated carbocycles. The van der Waals surface area contributed by atoms with Crippen LogP contribution in [0.5, 0.6) is 0 Å². The summed E-state index contributed by atoms with van der Waals surface area (Å²) in [6.45, 7) is 7.38. The summed E-state index contributed by atoms with van der Waals surface area (Å²) in [5.74, 6) is 1.96. The van der Waals surface area contributed by atoms with Gasteiger partial charge in [0.15, 0.2) is 0 Å². The summed E-state index contributed by atoms with van der Waals surface area (Å²) in [4.78, 5) is 2.24. The molecule has 0 radical (unpaired) electrons. The van der Waals surface area contributed by atoms with Gasteiger partial charge in [-0.1, -0.05) is 24.3 Å². The van der Waals surface area contributed by atoms with Gasteiger partial charge in [0.25, 0.3) is 0 Å². The van der Waals surface area contributed by atoms with Crippen LogP contribution in [0.25, 0.3) is 0 Å². The second-order valence-electron chi connectivity index (χ2n) is 6.81. The Balaban J connectivity index is 1.85. The van der Waals surface area contributed by atoms with E-state index < -0.39 is 5.60 Å². The molecule has 0 unspecified atom stereocenters. The van der Waals surface area contributed by atoms with E-state index in [-0.39, 0.29) is 0 Å². The van der Waals surface area contributed by atoms with Gasteiger partial charge < -0.3 is 9.52 Å². The average molecular weight is 301 g/mol. The summed E-state index contributed by atoms with van der Waals surface area (Å²) in [6, 6.07) is 12.7. The van der Waals surface area contributed by atoms with Crippen LogP contribution in [0.3, 0.4) is 0 Å². The molecule has 0 aliphatic heterocycles. The summed E-state index contributed by atoms with van der Waals surface area (Å²) >= 11 is 0. The highest BCUT2D eigenvalue weighted by atomic mass is 16.3. The summed E-state index contributed by atoms with van der Waals surface area (Å²) in [5.41, 5.74) is 1.97. The van der Waals surface area contributed by atoms with E-state index in [9.17, 15) is 5.11 Å². The standard InChI is InChI=1S/C19H27NO2/c1-15-5-10-18(22-15)14-20(4)13-17-8-6-16(7-9-17)11-12-19(2,3)21/h5-10,21H,11-14H2,1-4H3. The maximum absolute atomic E-state index is 9.78. The van der Waals surface area contributed by atoms with Crippen LogP contribution < -0.4 is 0 Å². The molecule has 2 aromatic rings. The number of aliphatic hydroxyl groups is 1. The van der Waals surface area contributed by atoms with E-state index in [4.69, 9.17) is 4.42 Å². The Morgan fingerprint density at radius 2 is 1.64 bits per heavy atom. The van der Waals surface area contributed by atoms with Gasteiger partial charge in [0.1, 0.15) is 11.5 Å². The second kappa shape index (κ2) is 7.12. The van der Waals surface area contributed by atoms with Crippen LogP contribution in [0.4, 0.5) is 0 Å². The van der Waals surface area contributed by atoms with Crippen molar-refractivity contribution < 1.29 is 9.52 Å². The number of rotatable bonds is 7. The fourth-order valence-corrected chi connectivity index (χ4v) is 2.47. The highest BCUT2D eigenvalue weighted by Gasteiger charge is 2.12. The lowest BCUT2D eigenvalue weighted by Gasteiger charge is -2.17. The molecule has 0 atom stereocenters. The van der Waals surface area contributed by atoms with E-state index >= 15 is 0 Å². The molecule has 0 saturated heterocycles. The highest BCUT2D eigenvalue weighted by Crippen LogP contribution is 2.15. The Labute approximate surface area is 133 Å². The summed E-state index contributed by atoms with van der Waals surface area (Å²) in [6.07, 6.45) is 1.69. The zero-order chi connectivity index (χ0) is 16.2. The number of aryl methyl sites for hydroxylation is 2. The van der Waals surface area contributed by atoms with Crippen molar-refractivity contribution in [1.29, 1.82) is 0 Å². The van der Waals surface area contributed by atoms with Gasteiger partial charge in [-0.25, -0.2) is 0 Å². The van der Waals surface area contributed by atoms with Crippen LogP contribution in [0.1, 0.15) is 42.9 Å². The van der Waals surface area contributed by atoms with Crippen molar-refractivity contribution >= 4 is 0 Å². The maximum Gasteiger partial charge on any atom is 0.118 e. The molecule has 2 rings (SSSR count). The SMILES string of the molecule is Cc1ccc(CN(C)Cc2ccc(CCC(C)(C)O)cc2)o1. The molecule has 1 N–H and O–H groups in total. The van der Waals surface area contributed by atoms with Gasteiger partial charge in [0.2, 0.25) is 0 Å². The van der Waals surface area contributed by atoms with Crippen LogP contribution in [0.15, 0.2) is 40.8 Å². The molecule has 0 bridgehead atoms. The first-order valence-electron chi connectivity index (χ1n) is 7.86. The Hall–Kier alpha value is -1.58. The predicted octanol–water partition coefficient (Wildman–Crippen LogP) is 3.92. The molecule has 0 fully saturated rings. The van der Waals surface area contributed by atoms with Crippen molar-refractivity contribution in [2.75, 3.05) is 7.05 Å². The number of benzene rings is 1. The van der Waals surface area contributed by atoms with Crippen LogP contribution >= 0.6 is 0 Å². The van der Waals surface area contributed by atoms with Crippen molar-refractivity contribution in [3.05, 3.63) is 59.0 Å². The first-order valence-corrected chi connectivity index (χ1v) is 7.86. The van der Waals surface area contributed by atoms with E-state index in [1.54, 1.807) is 0 Å². The zero-order valence-corrected chi connectivity index (χ0v) is 14.1. The minimum Gasteiger partial charge on any atom is -0.465 e. The largest absolute Gasteiger partial charge is 0.465 e. The predicted molar refractivity (Wildman–Crippen MR) is 89.7 cm³/mol. The topological polar surface area (TPSA) is 36.6 Å². The van der Waals surface area contributed by atoms with Gasteiger partial charge in [0.05, 0.1) is 12.1 Å².